The molecule has 1 fully saturated rings. The molecule has 2 aromatic rings. The van der Waals surface area contributed by atoms with Crippen LogP contribution < -0.4 is 5.32 Å². The van der Waals surface area contributed by atoms with Crippen molar-refractivity contribution in [2.45, 2.75) is 38.0 Å². The van der Waals surface area contributed by atoms with Crippen molar-refractivity contribution in [2.75, 3.05) is 13.1 Å². The molecule has 0 saturated carbocycles. The van der Waals surface area contributed by atoms with Crippen molar-refractivity contribution < 1.29 is 22.8 Å². The van der Waals surface area contributed by atoms with E-state index in [1.54, 1.807) is 0 Å². The number of aryl methyl sites for hydroxylation is 1. The standard InChI is InChI=1S/C18H20F3N3O2/c19-18(20,21)12-22-17(26)15-6-3-9-24(15)16(25)8-11-23-10-7-13-4-1-2-5-14(13)23/h1-2,4-5,7,10,15H,3,6,8-9,11-12H2,(H,22,26)/t15-/m1/s1. The molecule has 3 rings (SSSR count). The summed E-state index contributed by atoms with van der Waals surface area (Å²) < 4.78 is 38.8. The highest BCUT2D eigenvalue weighted by atomic mass is 19.4. The van der Waals surface area contributed by atoms with Gasteiger partial charge in [-0.2, -0.15) is 13.2 Å². The molecule has 8 heteroatoms. The maximum Gasteiger partial charge on any atom is 0.405 e. The molecule has 5 nitrogen and oxygen atoms in total. The number of alkyl halides is 3. The Labute approximate surface area is 148 Å². The molecule has 1 aliphatic heterocycles. The van der Waals surface area contributed by atoms with Crippen molar-refractivity contribution in [1.82, 2.24) is 14.8 Å². The minimum absolute atomic E-state index is 0.196. The van der Waals surface area contributed by atoms with Crippen molar-refractivity contribution in [3.05, 3.63) is 36.5 Å². The molecule has 1 aromatic carbocycles. The molecular weight excluding hydrogens is 347 g/mol. The molecule has 2 heterocycles. The van der Waals surface area contributed by atoms with Gasteiger partial charge < -0.3 is 14.8 Å². The van der Waals surface area contributed by atoms with Gasteiger partial charge in [-0.25, -0.2) is 0 Å². The van der Waals surface area contributed by atoms with Gasteiger partial charge in [0.25, 0.3) is 0 Å². The van der Waals surface area contributed by atoms with E-state index in [9.17, 15) is 22.8 Å². The Balaban J connectivity index is 1.59. The summed E-state index contributed by atoms with van der Waals surface area (Å²) in [6, 6.07) is 8.95. The minimum atomic E-state index is -4.46. The molecule has 26 heavy (non-hydrogen) atoms. The van der Waals surface area contributed by atoms with Crippen LogP contribution in [0, 0.1) is 0 Å². The Hall–Kier alpha value is -2.51. The third kappa shape index (κ3) is 4.17. The topological polar surface area (TPSA) is 54.3 Å². The van der Waals surface area contributed by atoms with Crippen LogP contribution in [0.2, 0.25) is 0 Å². The van der Waals surface area contributed by atoms with Gasteiger partial charge in [-0.1, -0.05) is 18.2 Å². The molecule has 0 unspecified atom stereocenters. The smallest absolute Gasteiger partial charge is 0.347 e. The van der Waals surface area contributed by atoms with Crippen molar-refractivity contribution in [3.63, 3.8) is 0 Å². The van der Waals surface area contributed by atoms with E-state index in [4.69, 9.17) is 0 Å². The SMILES string of the molecule is O=C(NCC(F)(F)F)[C@H]1CCCN1C(=O)CCn1ccc2ccccc21. The molecule has 1 aromatic heterocycles. The van der Waals surface area contributed by atoms with Gasteiger partial charge in [0, 0.05) is 31.2 Å². The number of carbonyl (C=O) groups excluding carboxylic acids is 2. The summed E-state index contributed by atoms with van der Waals surface area (Å²) in [6.07, 6.45) is -1.36. The summed E-state index contributed by atoms with van der Waals surface area (Å²) in [6.45, 7) is -0.519. The number of carbonyl (C=O) groups is 2. The van der Waals surface area contributed by atoms with Gasteiger partial charge in [0.15, 0.2) is 0 Å². The summed E-state index contributed by atoms with van der Waals surface area (Å²) >= 11 is 0. The van der Waals surface area contributed by atoms with E-state index in [1.165, 1.54) is 4.90 Å². The number of para-hydroxylation sites is 1. The first kappa shape index (κ1) is 18.3. The summed E-state index contributed by atoms with van der Waals surface area (Å²) in [5.74, 6) is -0.952. The highest BCUT2D eigenvalue weighted by Gasteiger charge is 2.36. The van der Waals surface area contributed by atoms with E-state index in [0.717, 1.165) is 10.9 Å². The second-order valence-electron chi connectivity index (χ2n) is 6.40. The Morgan fingerprint density at radius 1 is 1.19 bits per heavy atom. The fourth-order valence-corrected chi connectivity index (χ4v) is 3.34. The van der Waals surface area contributed by atoms with E-state index >= 15 is 0 Å². The van der Waals surface area contributed by atoms with Crippen LogP contribution in [0.3, 0.4) is 0 Å². The first-order chi connectivity index (χ1) is 12.3. The normalized spacial score (nSPS) is 17.7. The van der Waals surface area contributed by atoms with Gasteiger partial charge in [0.05, 0.1) is 0 Å². The molecule has 140 valence electrons. The second-order valence-corrected chi connectivity index (χ2v) is 6.40. The Kier molecular flexibility index (Phi) is 5.20. The fraction of sp³-hybridized carbons (Fsp3) is 0.444. The van der Waals surface area contributed by atoms with Crippen LogP contribution >= 0.6 is 0 Å². The second kappa shape index (κ2) is 7.39. The zero-order valence-corrected chi connectivity index (χ0v) is 14.1. The maximum atomic E-state index is 12.5. The summed E-state index contributed by atoms with van der Waals surface area (Å²) in [5.41, 5.74) is 1.01. The lowest BCUT2D eigenvalue weighted by molar-refractivity contribution is -0.144. The molecule has 1 atom stereocenters. The predicted molar refractivity (Wildman–Crippen MR) is 90.4 cm³/mol. The molecule has 1 N–H and O–H groups in total. The summed E-state index contributed by atoms with van der Waals surface area (Å²) in [7, 11) is 0. The van der Waals surface area contributed by atoms with Gasteiger partial charge in [0.1, 0.15) is 12.6 Å². The van der Waals surface area contributed by atoms with Crippen LogP contribution in [0.15, 0.2) is 36.5 Å². The van der Waals surface area contributed by atoms with Crippen LogP contribution in [0.5, 0.6) is 0 Å². The molecule has 0 aliphatic carbocycles. The zero-order chi connectivity index (χ0) is 18.7. The Morgan fingerprint density at radius 2 is 1.96 bits per heavy atom. The lowest BCUT2D eigenvalue weighted by Gasteiger charge is -2.24. The van der Waals surface area contributed by atoms with Crippen molar-refractivity contribution in [1.29, 1.82) is 0 Å². The van der Waals surface area contributed by atoms with E-state index in [2.05, 4.69) is 0 Å². The number of benzene rings is 1. The van der Waals surface area contributed by atoms with Gasteiger partial charge in [-0.05, 0) is 30.4 Å². The minimum Gasteiger partial charge on any atom is -0.347 e. The van der Waals surface area contributed by atoms with Gasteiger partial charge in [-0.15, -0.1) is 0 Å². The summed E-state index contributed by atoms with van der Waals surface area (Å²) in [4.78, 5) is 25.9. The summed E-state index contributed by atoms with van der Waals surface area (Å²) in [5, 5.41) is 2.95. The number of hydrogen-bond donors (Lipinski definition) is 1. The fourth-order valence-electron chi connectivity index (χ4n) is 3.34. The van der Waals surface area contributed by atoms with Crippen LogP contribution in [0.4, 0.5) is 13.2 Å². The van der Waals surface area contributed by atoms with E-state index in [-0.39, 0.29) is 12.3 Å². The molecular formula is C18H20F3N3O2. The number of aromatic nitrogens is 1. The number of nitrogens with zero attached hydrogens (tertiary/aromatic N) is 2. The van der Waals surface area contributed by atoms with Gasteiger partial charge in [-0.3, -0.25) is 9.59 Å². The molecule has 0 bridgehead atoms. The van der Waals surface area contributed by atoms with Crippen molar-refractivity contribution >= 4 is 22.7 Å². The van der Waals surface area contributed by atoms with Crippen LogP contribution in [0.1, 0.15) is 19.3 Å². The van der Waals surface area contributed by atoms with E-state index in [0.29, 0.717) is 25.9 Å². The Morgan fingerprint density at radius 3 is 2.73 bits per heavy atom. The first-order valence-electron chi connectivity index (χ1n) is 8.53. The maximum absolute atomic E-state index is 12.5. The zero-order valence-electron chi connectivity index (χ0n) is 14.1. The third-order valence-corrected chi connectivity index (χ3v) is 4.59. The van der Waals surface area contributed by atoms with Crippen molar-refractivity contribution in [2.24, 2.45) is 0 Å². The highest BCUT2D eigenvalue weighted by Crippen LogP contribution is 2.21. The highest BCUT2D eigenvalue weighted by molar-refractivity contribution is 5.88. The van der Waals surface area contributed by atoms with Crippen LogP contribution in [-0.2, 0) is 16.1 Å². The Bertz CT molecular complexity index is 800. The number of amides is 2. The lowest BCUT2D eigenvalue weighted by Crippen LogP contribution is -2.48. The number of halogens is 3. The lowest BCUT2D eigenvalue weighted by atomic mass is 10.2. The van der Waals surface area contributed by atoms with Gasteiger partial charge in [0.2, 0.25) is 11.8 Å². The van der Waals surface area contributed by atoms with Crippen molar-refractivity contribution in [3.8, 4) is 0 Å². The van der Waals surface area contributed by atoms with E-state index in [1.807, 2.05) is 46.4 Å². The van der Waals surface area contributed by atoms with Crippen LogP contribution in [0.25, 0.3) is 10.9 Å². The average Bonchev–Trinajstić information content (AvgIpc) is 3.24. The van der Waals surface area contributed by atoms with Crippen LogP contribution in [-0.4, -0.2) is 46.6 Å². The number of likely N-dealkylation sites (tertiary alicyclic amines) is 1. The van der Waals surface area contributed by atoms with E-state index < -0.39 is 24.7 Å². The average molecular weight is 367 g/mol. The van der Waals surface area contributed by atoms with Gasteiger partial charge >= 0.3 is 6.18 Å². The number of rotatable bonds is 5. The molecule has 1 aliphatic rings. The number of hydrogen-bond acceptors (Lipinski definition) is 2. The number of fused-ring (bicyclic) bond motifs is 1. The third-order valence-electron chi connectivity index (χ3n) is 4.59. The molecule has 0 spiro atoms. The molecule has 1 saturated heterocycles. The molecule has 2 amide bonds. The first-order valence-corrected chi connectivity index (χ1v) is 8.53. The largest absolute Gasteiger partial charge is 0.405 e. The number of nitrogens with one attached hydrogen (secondary N) is 1. The molecule has 0 radical (unpaired) electrons. The predicted octanol–water partition coefficient (Wildman–Crippen LogP) is 2.70. The monoisotopic (exact) mass is 367 g/mol. The quantitative estimate of drug-likeness (QED) is 0.884.